The second kappa shape index (κ2) is 7.94. The van der Waals surface area contributed by atoms with Gasteiger partial charge in [-0.2, -0.15) is 0 Å². The second-order valence-corrected chi connectivity index (χ2v) is 5.70. The zero-order valence-electron chi connectivity index (χ0n) is 13.5. The van der Waals surface area contributed by atoms with Crippen LogP contribution in [0.3, 0.4) is 0 Å². The van der Waals surface area contributed by atoms with Crippen LogP contribution in [0.5, 0.6) is 0 Å². The Morgan fingerprint density at radius 1 is 1.30 bits per heavy atom. The predicted molar refractivity (Wildman–Crippen MR) is 91.3 cm³/mol. The topological polar surface area (TPSA) is 50.5 Å². The second-order valence-electron chi connectivity index (χ2n) is 5.70. The Balaban J connectivity index is 1.58. The first-order valence-corrected chi connectivity index (χ1v) is 8.01. The lowest BCUT2D eigenvalue weighted by molar-refractivity contribution is 0.122. The van der Waals surface area contributed by atoms with Crippen LogP contribution in [0.15, 0.2) is 46.7 Å². The number of hydrogen-bond acceptors (Lipinski definition) is 5. The molecule has 1 saturated heterocycles. The average Bonchev–Trinajstić information content (AvgIpc) is 3.09. The number of pyridine rings is 1. The van der Waals surface area contributed by atoms with E-state index in [1.54, 1.807) is 6.26 Å². The first kappa shape index (κ1) is 15.8. The van der Waals surface area contributed by atoms with E-state index in [2.05, 4.69) is 34.3 Å². The molecule has 0 aliphatic carbocycles. The summed E-state index contributed by atoms with van der Waals surface area (Å²) in [4.78, 5) is 6.86. The van der Waals surface area contributed by atoms with Crippen LogP contribution in [0.4, 0.5) is 5.82 Å². The molecule has 0 unspecified atom stereocenters. The summed E-state index contributed by atoms with van der Waals surface area (Å²) in [5, 5.41) is 3.49. The zero-order valence-corrected chi connectivity index (χ0v) is 13.5. The number of furan rings is 1. The highest BCUT2D eigenvalue weighted by Gasteiger charge is 2.15. The van der Waals surface area contributed by atoms with Gasteiger partial charge in [0.2, 0.25) is 0 Å². The summed E-state index contributed by atoms with van der Waals surface area (Å²) in [5.41, 5.74) is 2.46. The van der Waals surface area contributed by atoms with Crippen molar-refractivity contribution in [1.29, 1.82) is 0 Å². The third-order valence-corrected chi connectivity index (χ3v) is 3.83. The van der Waals surface area contributed by atoms with Crippen LogP contribution in [-0.4, -0.2) is 37.8 Å². The highest BCUT2D eigenvalue weighted by molar-refractivity contribution is 5.48. The minimum atomic E-state index is 0.772. The summed E-state index contributed by atoms with van der Waals surface area (Å²) in [5.74, 6) is 1.95. The molecule has 0 bridgehead atoms. The largest absolute Gasteiger partial charge is 0.465 e. The first-order valence-electron chi connectivity index (χ1n) is 8.01. The first-order chi connectivity index (χ1) is 11.3. The molecule has 0 saturated carbocycles. The smallest absolute Gasteiger partial charge is 0.133 e. The number of hydrogen-bond donors (Lipinski definition) is 1. The van der Waals surface area contributed by atoms with Gasteiger partial charge in [-0.05, 0) is 31.2 Å². The predicted octanol–water partition coefficient (Wildman–Crippen LogP) is 2.70. The molecule has 0 spiro atoms. The van der Waals surface area contributed by atoms with Crippen molar-refractivity contribution in [2.45, 2.75) is 13.5 Å². The fraction of sp³-hybridized carbons (Fsp3) is 0.389. The van der Waals surface area contributed by atoms with E-state index in [9.17, 15) is 0 Å². The molecule has 5 heteroatoms. The van der Waals surface area contributed by atoms with Crippen molar-refractivity contribution in [2.75, 3.05) is 37.7 Å². The highest BCUT2D eigenvalue weighted by Crippen LogP contribution is 2.18. The van der Waals surface area contributed by atoms with Crippen molar-refractivity contribution in [2.24, 2.45) is 0 Å². The highest BCUT2D eigenvalue weighted by atomic mass is 16.5. The number of ether oxygens (including phenoxy) is 1. The van der Waals surface area contributed by atoms with Gasteiger partial charge in [0.15, 0.2) is 0 Å². The van der Waals surface area contributed by atoms with Crippen LogP contribution in [0, 0.1) is 0 Å². The van der Waals surface area contributed by atoms with E-state index in [0.717, 1.165) is 51.0 Å². The maximum absolute atomic E-state index is 5.42. The van der Waals surface area contributed by atoms with Crippen molar-refractivity contribution in [1.82, 2.24) is 10.3 Å². The summed E-state index contributed by atoms with van der Waals surface area (Å²) in [6, 6.07) is 7.99. The van der Waals surface area contributed by atoms with Gasteiger partial charge in [0.25, 0.3) is 0 Å². The maximum Gasteiger partial charge on any atom is 0.133 e. The minimum absolute atomic E-state index is 0.772. The van der Waals surface area contributed by atoms with Gasteiger partial charge < -0.3 is 19.4 Å². The molecule has 3 rings (SSSR count). The molecule has 1 N–H and O–H groups in total. The van der Waals surface area contributed by atoms with Crippen molar-refractivity contribution in [3.63, 3.8) is 0 Å². The molecule has 122 valence electrons. The van der Waals surface area contributed by atoms with Gasteiger partial charge in [-0.15, -0.1) is 0 Å². The lowest BCUT2D eigenvalue weighted by Gasteiger charge is -2.29. The molecule has 1 fully saturated rings. The molecule has 0 radical (unpaired) electrons. The Kier molecular flexibility index (Phi) is 5.45. The maximum atomic E-state index is 5.42. The summed E-state index contributed by atoms with van der Waals surface area (Å²) >= 11 is 0. The molecule has 1 aliphatic rings. The molecule has 0 atom stereocenters. The van der Waals surface area contributed by atoms with Gasteiger partial charge in [0.1, 0.15) is 11.6 Å². The van der Waals surface area contributed by atoms with Crippen LogP contribution < -0.4 is 10.2 Å². The van der Waals surface area contributed by atoms with Crippen molar-refractivity contribution < 1.29 is 9.15 Å². The van der Waals surface area contributed by atoms with E-state index in [4.69, 9.17) is 9.15 Å². The Hall–Kier alpha value is -2.11. The van der Waals surface area contributed by atoms with Gasteiger partial charge in [0.05, 0.1) is 19.5 Å². The number of morpholine rings is 1. The quantitative estimate of drug-likeness (QED) is 0.888. The molecule has 2 aromatic heterocycles. The minimum Gasteiger partial charge on any atom is -0.465 e. The average molecular weight is 313 g/mol. The van der Waals surface area contributed by atoms with Crippen molar-refractivity contribution in [3.8, 4) is 0 Å². The molecule has 0 aromatic carbocycles. The third kappa shape index (κ3) is 4.43. The molecule has 0 amide bonds. The Morgan fingerprint density at radius 3 is 2.96 bits per heavy atom. The lowest BCUT2D eigenvalue weighted by Crippen LogP contribution is -2.37. The lowest BCUT2D eigenvalue weighted by atomic mass is 10.2. The SMILES string of the molecule is CC(=Cc1ccco1)CNCc1cccnc1N1CCOCC1. The van der Waals surface area contributed by atoms with E-state index in [-0.39, 0.29) is 0 Å². The van der Waals surface area contributed by atoms with Crippen LogP contribution >= 0.6 is 0 Å². The van der Waals surface area contributed by atoms with Crippen LogP contribution in [0.25, 0.3) is 6.08 Å². The van der Waals surface area contributed by atoms with E-state index in [0.29, 0.717) is 0 Å². The van der Waals surface area contributed by atoms with Crippen molar-refractivity contribution in [3.05, 3.63) is 53.6 Å². The van der Waals surface area contributed by atoms with Crippen LogP contribution in [0.1, 0.15) is 18.2 Å². The summed E-state index contributed by atoms with van der Waals surface area (Å²) < 4.78 is 10.8. The molecule has 2 aromatic rings. The monoisotopic (exact) mass is 313 g/mol. The Bertz CT molecular complexity index is 631. The molecule has 5 nitrogen and oxygen atoms in total. The Labute approximate surface area is 137 Å². The van der Waals surface area contributed by atoms with Crippen molar-refractivity contribution >= 4 is 11.9 Å². The number of anilines is 1. The van der Waals surface area contributed by atoms with Gasteiger partial charge in [-0.1, -0.05) is 11.6 Å². The number of rotatable bonds is 6. The standard InChI is InChI=1S/C18H23N3O2/c1-15(12-17-5-3-9-23-17)13-19-14-16-4-2-6-20-18(16)21-7-10-22-11-8-21/h2-6,9,12,19H,7-8,10-11,13-14H2,1H3. The van der Waals surface area contributed by atoms with E-state index >= 15 is 0 Å². The number of aromatic nitrogens is 1. The Morgan fingerprint density at radius 2 is 2.17 bits per heavy atom. The van der Waals surface area contributed by atoms with Crippen LogP contribution in [0.2, 0.25) is 0 Å². The van der Waals surface area contributed by atoms with Gasteiger partial charge in [-0.3, -0.25) is 0 Å². The van der Waals surface area contributed by atoms with E-state index in [1.165, 1.54) is 11.1 Å². The summed E-state index contributed by atoms with van der Waals surface area (Å²) in [6.45, 7) is 7.06. The molecular weight excluding hydrogens is 290 g/mol. The van der Waals surface area contributed by atoms with E-state index in [1.807, 2.05) is 24.4 Å². The normalized spacial score (nSPS) is 15.9. The van der Waals surface area contributed by atoms with E-state index < -0.39 is 0 Å². The van der Waals surface area contributed by atoms with Crippen LogP contribution in [-0.2, 0) is 11.3 Å². The van der Waals surface area contributed by atoms with Gasteiger partial charge in [0, 0.05) is 37.9 Å². The zero-order chi connectivity index (χ0) is 15.9. The molecule has 1 aliphatic heterocycles. The number of nitrogens with one attached hydrogen (secondary N) is 1. The summed E-state index contributed by atoms with van der Waals surface area (Å²) in [7, 11) is 0. The number of nitrogens with zero attached hydrogens (tertiary/aromatic N) is 2. The third-order valence-electron chi connectivity index (χ3n) is 3.83. The molecular formula is C18H23N3O2. The summed E-state index contributed by atoms with van der Waals surface area (Å²) in [6.07, 6.45) is 5.60. The van der Waals surface area contributed by atoms with Gasteiger partial charge >= 0.3 is 0 Å². The fourth-order valence-corrected chi connectivity index (χ4v) is 2.69. The fourth-order valence-electron chi connectivity index (χ4n) is 2.69. The van der Waals surface area contributed by atoms with Gasteiger partial charge in [-0.25, -0.2) is 4.98 Å². The molecule has 3 heterocycles. The molecule has 23 heavy (non-hydrogen) atoms.